The van der Waals surface area contributed by atoms with Gasteiger partial charge in [0, 0.05) is 18.1 Å². The summed E-state index contributed by atoms with van der Waals surface area (Å²) in [5.41, 5.74) is 6.20. The Morgan fingerprint density at radius 1 is 1.06 bits per heavy atom. The highest BCUT2D eigenvalue weighted by molar-refractivity contribution is 4.92. The van der Waals surface area contributed by atoms with Crippen LogP contribution in [-0.4, -0.2) is 29.6 Å². The summed E-state index contributed by atoms with van der Waals surface area (Å²) in [5.74, 6) is 1.74. The van der Waals surface area contributed by atoms with E-state index in [-0.39, 0.29) is 0 Å². The average molecular weight is 238 g/mol. The third-order valence-corrected chi connectivity index (χ3v) is 5.29. The van der Waals surface area contributed by atoms with Gasteiger partial charge < -0.3 is 5.73 Å². The molecule has 2 nitrogen and oxygen atoms in total. The van der Waals surface area contributed by atoms with Crippen molar-refractivity contribution in [2.75, 3.05) is 6.54 Å². The van der Waals surface area contributed by atoms with Gasteiger partial charge in [0.1, 0.15) is 0 Å². The monoisotopic (exact) mass is 238 g/mol. The van der Waals surface area contributed by atoms with E-state index >= 15 is 0 Å². The molecular formula is C15H30N2. The van der Waals surface area contributed by atoms with E-state index in [4.69, 9.17) is 5.73 Å². The first kappa shape index (κ1) is 13.4. The molecule has 1 heterocycles. The van der Waals surface area contributed by atoms with E-state index in [0.29, 0.717) is 12.1 Å². The fourth-order valence-corrected chi connectivity index (χ4v) is 3.98. The quantitative estimate of drug-likeness (QED) is 0.801. The lowest BCUT2D eigenvalue weighted by Crippen LogP contribution is -2.56. The molecule has 2 aliphatic rings. The summed E-state index contributed by atoms with van der Waals surface area (Å²) in [5, 5.41) is 0. The molecule has 0 aromatic carbocycles. The topological polar surface area (TPSA) is 29.3 Å². The number of nitrogens with zero attached hydrogens (tertiary/aromatic N) is 1. The van der Waals surface area contributed by atoms with Crippen LogP contribution < -0.4 is 5.73 Å². The van der Waals surface area contributed by atoms with Crippen LogP contribution in [0.3, 0.4) is 0 Å². The molecule has 2 rings (SSSR count). The van der Waals surface area contributed by atoms with Gasteiger partial charge in [-0.15, -0.1) is 0 Å². The number of rotatable bonds is 2. The van der Waals surface area contributed by atoms with Crippen molar-refractivity contribution in [1.29, 1.82) is 0 Å². The molecule has 5 unspecified atom stereocenters. The predicted octanol–water partition coefficient (Wildman–Crippen LogP) is 3.01. The van der Waals surface area contributed by atoms with Gasteiger partial charge in [-0.25, -0.2) is 0 Å². The Labute approximate surface area is 107 Å². The fraction of sp³-hybridized carbons (Fsp3) is 1.00. The maximum atomic E-state index is 6.20. The second kappa shape index (κ2) is 5.71. The Hall–Kier alpha value is -0.0800. The highest BCUT2D eigenvalue weighted by Crippen LogP contribution is 2.36. The molecule has 2 fully saturated rings. The lowest BCUT2D eigenvalue weighted by molar-refractivity contribution is 0.0178. The Morgan fingerprint density at radius 3 is 2.53 bits per heavy atom. The lowest BCUT2D eigenvalue weighted by atomic mass is 9.76. The van der Waals surface area contributed by atoms with Crippen LogP contribution in [0, 0.1) is 11.8 Å². The Bertz CT molecular complexity index is 239. The molecule has 2 N–H and O–H groups in total. The minimum Gasteiger partial charge on any atom is -0.327 e. The van der Waals surface area contributed by atoms with Gasteiger partial charge >= 0.3 is 0 Å². The lowest BCUT2D eigenvalue weighted by Gasteiger charge is -2.48. The van der Waals surface area contributed by atoms with Gasteiger partial charge in [-0.3, -0.25) is 4.90 Å². The maximum Gasteiger partial charge on any atom is 0.0247 e. The first-order valence-corrected chi connectivity index (χ1v) is 7.62. The highest BCUT2D eigenvalue weighted by Gasteiger charge is 2.36. The molecule has 1 saturated heterocycles. The Morgan fingerprint density at radius 2 is 1.82 bits per heavy atom. The molecule has 1 aliphatic heterocycles. The van der Waals surface area contributed by atoms with Crippen molar-refractivity contribution in [3.8, 4) is 0 Å². The van der Waals surface area contributed by atoms with Gasteiger partial charge in [-0.05, 0) is 44.6 Å². The number of hydrogen-bond donors (Lipinski definition) is 1. The molecule has 17 heavy (non-hydrogen) atoms. The van der Waals surface area contributed by atoms with Crippen molar-refractivity contribution < 1.29 is 0 Å². The van der Waals surface area contributed by atoms with E-state index in [1.807, 2.05) is 0 Å². The normalized spacial score (nSPS) is 42.4. The van der Waals surface area contributed by atoms with Gasteiger partial charge in [0.25, 0.3) is 0 Å². The van der Waals surface area contributed by atoms with Crippen molar-refractivity contribution in [3.63, 3.8) is 0 Å². The highest BCUT2D eigenvalue weighted by atomic mass is 15.2. The van der Waals surface area contributed by atoms with Gasteiger partial charge in [-0.2, -0.15) is 0 Å². The van der Waals surface area contributed by atoms with Gasteiger partial charge in [-0.1, -0.05) is 33.1 Å². The minimum absolute atomic E-state index is 0.333. The van der Waals surface area contributed by atoms with Crippen molar-refractivity contribution in [2.24, 2.45) is 17.6 Å². The third-order valence-electron chi connectivity index (χ3n) is 5.29. The van der Waals surface area contributed by atoms with E-state index in [0.717, 1.165) is 17.9 Å². The van der Waals surface area contributed by atoms with Crippen LogP contribution in [0.5, 0.6) is 0 Å². The molecule has 0 radical (unpaired) electrons. The fourth-order valence-electron chi connectivity index (χ4n) is 3.98. The first-order chi connectivity index (χ1) is 8.11. The minimum atomic E-state index is 0.333. The number of piperidine rings is 1. The number of hydrogen-bond acceptors (Lipinski definition) is 2. The number of likely N-dealkylation sites (tertiary alicyclic amines) is 1. The zero-order chi connectivity index (χ0) is 12.4. The zero-order valence-corrected chi connectivity index (χ0v) is 11.9. The van der Waals surface area contributed by atoms with Crippen LogP contribution in [-0.2, 0) is 0 Å². The molecule has 0 spiro atoms. The van der Waals surface area contributed by atoms with Crippen molar-refractivity contribution in [1.82, 2.24) is 4.90 Å². The largest absolute Gasteiger partial charge is 0.327 e. The summed E-state index contributed by atoms with van der Waals surface area (Å²) in [6.07, 6.45) is 8.30. The standard InChI is InChI=1S/C15H30N2/c1-11-7-6-9-14(12(11)2)17-10-5-4-8-15(17)13(3)16/h11-15H,4-10,16H2,1-3H3. The van der Waals surface area contributed by atoms with Crippen LogP contribution in [0.4, 0.5) is 0 Å². The maximum absolute atomic E-state index is 6.20. The molecule has 100 valence electrons. The Balaban J connectivity index is 2.07. The third kappa shape index (κ3) is 2.85. The first-order valence-electron chi connectivity index (χ1n) is 7.62. The summed E-state index contributed by atoms with van der Waals surface area (Å²) in [7, 11) is 0. The second-order valence-electron chi connectivity index (χ2n) is 6.49. The molecule has 1 aliphatic carbocycles. The summed E-state index contributed by atoms with van der Waals surface area (Å²) >= 11 is 0. The van der Waals surface area contributed by atoms with Gasteiger partial charge in [0.15, 0.2) is 0 Å². The average Bonchev–Trinajstić information content (AvgIpc) is 2.33. The van der Waals surface area contributed by atoms with Crippen LogP contribution in [0.1, 0.15) is 59.3 Å². The van der Waals surface area contributed by atoms with E-state index in [9.17, 15) is 0 Å². The van der Waals surface area contributed by atoms with E-state index in [1.165, 1.54) is 45.1 Å². The summed E-state index contributed by atoms with van der Waals surface area (Å²) in [6.45, 7) is 8.37. The van der Waals surface area contributed by atoms with Crippen molar-refractivity contribution in [3.05, 3.63) is 0 Å². The van der Waals surface area contributed by atoms with Crippen LogP contribution in [0.15, 0.2) is 0 Å². The predicted molar refractivity (Wildman–Crippen MR) is 74.0 cm³/mol. The van der Waals surface area contributed by atoms with E-state index < -0.39 is 0 Å². The molecule has 0 amide bonds. The van der Waals surface area contributed by atoms with Gasteiger partial charge in [0.2, 0.25) is 0 Å². The molecule has 0 aromatic rings. The van der Waals surface area contributed by atoms with Crippen LogP contribution >= 0.6 is 0 Å². The SMILES string of the molecule is CC(N)C1CCCCN1C1CCCC(C)C1C. The summed E-state index contributed by atoms with van der Waals surface area (Å²) in [6, 6.07) is 1.77. The van der Waals surface area contributed by atoms with Crippen molar-refractivity contribution >= 4 is 0 Å². The molecule has 2 heteroatoms. The van der Waals surface area contributed by atoms with E-state index in [1.54, 1.807) is 0 Å². The zero-order valence-electron chi connectivity index (χ0n) is 11.9. The van der Waals surface area contributed by atoms with Crippen LogP contribution in [0.2, 0.25) is 0 Å². The molecule has 5 atom stereocenters. The molecule has 1 saturated carbocycles. The summed E-state index contributed by atoms with van der Waals surface area (Å²) < 4.78 is 0. The number of nitrogens with two attached hydrogens (primary N) is 1. The van der Waals surface area contributed by atoms with Crippen molar-refractivity contribution in [2.45, 2.75) is 77.4 Å². The molecule has 0 bridgehead atoms. The van der Waals surface area contributed by atoms with E-state index in [2.05, 4.69) is 25.7 Å². The molecular weight excluding hydrogens is 208 g/mol. The smallest absolute Gasteiger partial charge is 0.0247 e. The van der Waals surface area contributed by atoms with Gasteiger partial charge in [0.05, 0.1) is 0 Å². The second-order valence-corrected chi connectivity index (χ2v) is 6.49. The summed E-state index contributed by atoms with van der Waals surface area (Å²) in [4.78, 5) is 2.77. The molecule has 0 aromatic heterocycles. The Kier molecular flexibility index (Phi) is 4.48. The van der Waals surface area contributed by atoms with Crippen LogP contribution in [0.25, 0.3) is 0 Å².